The fraction of sp³-hybridized carbons (Fsp3) is 0. The third-order valence-electron chi connectivity index (χ3n) is 3.20. The van der Waals surface area contributed by atoms with Crippen LogP contribution in [0.15, 0.2) is 42.6 Å². The molecular weight excluding hydrogens is 307 g/mol. The predicted octanol–water partition coefficient (Wildman–Crippen LogP) is 4.79. The summed E-state index contributed by atoms with van der Waals surface area (Å²) in [6.07, 6.45) is 1.33. The van der Waals surface area contributed by atoms with Crippen LogP contribution in [-0.2, 0) is 0 Å². The summed E-state index contributed by atoms with van der Waals surface area (Å²) in [5.41, 5.74) is 2.28. The summed E-state index contributed by atoms with van der Waals surface area (Å²) < 4.78 is 0. The number of aromatic nitrogens is 1. The smallest absolute Gasteiger partial charge is 0.144 e. The first-order chi connectivity index (χ1) is 10.1. The topological polar surface area (TPSA) is 56.9 Å². The highest BCUT2D eigenvalue weighted by atomic mass is 35.5. The molecule has 3 rings (SSSR count). The van der Waals surface area contributed by atoms with Gasteiger partial charge in [0.05, 0.1) is 10.5 Å². The first-order valence-electron chi connectivity index (χ1n) is 6.07. The molecule has 0 spiro atoms. The highest BCUT2D eigenvalue weighted by Gasteiger charge is 2.12. The quantitative estimate of drug-likeness (QED) is 0.702. The molecule has 1 heterocycles. The molecule has 3 aromatic rings. The lowest BCUT2D eigenvalue weighted by Gasteiger charge is -2.08. The number of hydrogen-bond donors (Lipinski definition) is 1. The van der Waals surface area contributed by atoms with Crippen LogP contribution in [0, 0.1) is 11.3 Å². The van der Waals surface area contributed by atoms with Crippen LogP contribution in [0.5, 0.6) is 5.75 Å². The molecule has 102 valence electrons. The first-order valence-corrected chi connectivity index (χ1v) is 6.83. The number of fused-ring (bicyclic) bond motifs is 1. The number of rotatable bonds is 1. The summed E-state index contributed by atoms with van der Waals surface area (Å²) in [6, 6.07) is 12.5. The molecule has 0 amide bonds. The summed E-state index contributed by atoms with van der Waals surface area (Å²) in [6.45, 7) is 0. The minimum absolute atomic E-state index is 0.0885. The van der Waals surface area contributed by atoms with E-state index in [4.69, 9.17) is 28.5 Å². The molecule has 21 heavy (non-hydrogen) atoms. The second-order valence-corrected chi connectivity index (χ2v) is 5.33. The second kappa shape index (κ2) is 5.25. The predicted molar refractivity (Wildman–Crippen MR) is 83.6 cm³/mol. The zero-order chi connectivity index (χ0) is 15.0. The van der Waals surface area contributed by atoms with E-state index in [9.17, 15) is 5.11 Å². The van der Waals surface area contributed by atoms with Crippen LogP contribution in [0.25, 0.3) is 22.0 Å². The van der Waals surface area contributed by atoms with Gasteiger partial charge in [-0.15, -0.1) is 0 Å². The van der Waals surface area contributed by atoms with E-state index < -0.39 is 0 Å². The molecular formula is C16H8Cl2N2O. The number of nitrogens with zero attached hydrogens (tertiary/aromatic N) is 2. The molecule has 2 aromatic carbocycles. The maximum absolute atomic E-state index is 10.1. The van der Waals surface area contributed by atoms with Crippen molar-refractivity contribution >= 4 is 34.1 Å². The zero-order valence-corrected chi connectivity index (χ0v) is 12.2. The summed E-state index contributed by atoms with van der Waals surface area (Å²) in [5, 5.41) is 20.7. The Labute approximate surface area is 131 Å². The third-order valence-corrected chi connectivity index (χ3v) is 3.77. The molecule has 0 unspecified atom stereocenters. The van der Waals surface area contributed by atoms with E-state index in [1.54, 1.807) is 24.3 Å². The number of pyridine rings is 1. The fourth-order valence-electron chi connectivity index (χ4n) is 2.13. The van der Waals surface area contributed by atoms with Crippen molar-refractivity contribution in [2.45, 2.75) is 0 Å². The van der Waals surface area contributed by atoms with Gasteiger partial charge in [0, 0.05) is 22.2 Å². The number of hydrogen-bond acceptors (Lipinski definition) is 3. The number of benzene rings is 2. The van der Waals surface area contributed by atoms with Gasteiger partial charge in [-0.05, 0) is 29.8 Å². The molecule has 5 heteroatoms. The molecule has 1 aromatic heterocycles. The van der Waals surface area contributed by atoms with Crippen molar-refractivity contribution in [3.63, 3.8) is 0 Å². The standard InChI is InChI=1S/C16H8Cl2N2O/c17-11-3-1-9(2-4-11)12-5-13-15(6-14(12)18)20-8-10(7-19)16(13)21/h1-6,8H,(H,20,21). The van der Waals surface area contributed by atoms with Crippen LogP contribution < -0.4 is 0 Å². The number of nitriles is 1. The van der Waals surface area contributed by atoms with Crippen LogP contribution in [0.1, 0.15) is 5.56 Å². The molecule has 0 bridgehead atoms. The Morgan fingerprint density at radius 3 is 2.48 bits per heavy atom. The molecule has 0 aliphatic heterocycles. The zero-order valence-electron chi connectivity index (χ0n) is 10.6. The number of aromatic hydroxyl groups is 1. The lowest BCUT2D eigenvalue weighted by atomic mass is 10.0. The van der Waals surface area contributed by atoms with Gasteiger partial charge in [0.2, 0.25) is 0 Å². The summed E-state index contributed by atoms with van der Waals surface area (Å²) in [4.78, 5) is 4.13. The summed E-state index contributed by atoms with van der Waals surface area (Å²) in [5.74, 6) is -0.0885. The van der Waals surface area contributed by atoms with Gasteiger partial charge in [-0.25, -0.2) is 0 Å². The monoisotopic (exact) mass is 314 g/mol. The Hall–Kier alpha value is -2.28. The largest absolute Gasteiger partial charge is 0.506 e. The third kappa shape index (κ3) is 2.40. The number of halogens is 2. The van der Waals surface area contributed by atoms with Crippen LogP contribution in [-0.4, -0.2) is 10.1 Å². The normalized spacial score (nSPS) is 10.5. The van der Waals surface area contributed by atoms with Crippen molar-refractivity contribution in [3.8, 4) is 22.9 Å². The highest BCUT2D eigenvalue weighted by molar-refractivity contribution is 6.34. The maximum Gasteiger partial charge on any atom is 0.144 e. The van der Waals surface area contributed by atoms with E-state index in [2.05, 4.69) is 4.98 Å². The second-order valence-electron chi connectivity index (χ2n) is 4.49. The highest BCUT2D eigenvalue weighted by Crippen LogP contribution is 2.36. The van der Waals surface area contributed by atoms with Gasteiger partial charge in [0.15, 0.2) is 0 Å². The van der Waals surface area contributed by atoms with Gasteiger partial charge in [0.25, 0.3) is 0 Å². The van der Waals surface area contributed by atoms with E-state index in [1.807, 2.05) is 18.2 Å². The molecule has 0 aliphatic carbocycles. The minimum atomic E-state index is -0.0885. The maximum atomic E-state index is 10.1. The van der Waals surface area contributed by atoms with Crippen molar-refractivity contribution < 1.29 is 5.11 Å². The minimum Gasteiger partial charge on any atom is -0.506 e. The molecule has 0 fully saturated rings. The Balaban J connectivity index is 2.29. The fourth-order valence-corrected chi connectivity index (χ4v) is 2.53. The van der Waals surface area contributed by atoms with Gasteiger partial charge in [-0.3, -0.25) is 4.98 Å². The van der Waals surface area contributed by atoms with E-state index in [0.717, 1.165) is 11.1 Å². The van der Waals surface area contributed by atoms with Crippen molar-refractivity contribution in [3.05, 3.63) is 58.2 Å². The molecule has 0 saturated carbocycles. The average Bonchev–Trinajstić information content (AvgIpc) is 2.48. The van der Waals surface area contributed by atoms with Gasteiger partial charge in [0.1, 0.15) is 17.4 Å². The van der Waals surface area contributed by atoms with Crippen LogP contribution in [0.2, 0.25) is 10.0 Å². The van der Waals surface area contributed by atoms with Crippen LogP contribution in [0.4, 0.5) is 0 Å². The van der Waals surface area contributed by atoms with E-state index >= 15 is 0 Å². The van der Waals surface area contributed by atoms with Gasteiger partial charge < -0.3 is 5.11 Å². The first kappa shape index (κ1) is 13.7. The molecule has 0 saturated heterocycles. The van der Waals surface area contributed by atoms with Gasteiger partial charge in [-0.1, -0.05) is 35.3 Å². The van der Waals surface area contributed by atoms with E-state index in [-0.39, 0.29) is 11.3 Å². The lowest BCUT2D eigenvalue weighted by Crippen LogP contribution is -1.87. The summed E-state index contributed by atoms with van der Waals surface area (Å²) in [7, 11) is 0. The lowest BCUT2D eigenvalue weighted by molar-refractivity contribution is 0.479. The molecule has 1 N–H and O–H groups in total. The van der Waals surface area contributed by atoms with Crippen molar-refractivity contribution in [2.24, 2.45) is 0 Å². The van der Waals surface area contributed by atoms with Crippen molar-refractivity contribution in [1.29, 1.82) is 5.26 Å². The van der Waals surface area contributed by atoms with Crippen LogP contribution in [0.3, 0.4) is 0 Å². The van der Waals surface area contributed by atoms with E-state index in [1.165, 1.54) is 6.20 Å². The Morgan fingerprint density at radius 2 is 1.81 bits per heavy atom. The molecule has 0 atom stereocenters. The van der Waals surface area contributed by atoms with Crippen molar-refractivity contribution in [1.82, 2.24) is 4.98 Å². The SMILES string of the molecule is N#Cc1cnc2cc(Cl)c(-c3ccc(Cl)cc3)cc2c1O. The van der Waals surface area contributed by atoms with Crippen molar-refractivity contribution in [2.75, 3.05) is 0 Å². The molecule has 3 nitrogen and oxygen atoms in total. The summed E-state index contributed by atoms with van der Waals surface area (Å²) >= 11 is 12.2. The molecule has 0 aliphatic rings. The van der Waals surface area contributed by atoms with Gasteiger partial charge in [-0.2, -0.15) is 5.26 Å². The van der Waals surface area contributed by atoms with E-state index in [0.29, 0.717) is 20.9 Å². The average molecular weight is 315 g/mol. The van der Waals surface area contributed by atoms with Crippen LogP contribution >= 0.6 is 23.2 Å². The molecule has 0 radical (unpaired) electrons. The Morgan fingerprint density at radius 1 is 1.10 bits per heavy atom. The Bertz CT molecular complexity index is 883. The van der Waals surface area contributed by atoms with Gasteiger partial charge >= 0.3 is 0 Å². The Kier molecular flexibility index (Phi) is 3.42.